The maximum absolute atomic E-state index is 12.4. The molecule has 0 aliphatic carbocycles. The lowest BCUT2D eigenvalue weighted by atomic mass is 10.2. The first-order valence-corrected chi connectivity index (χ1v) is 8.48. The van der Waals surface area contributed by atoms with Crippen LogP contribution in [0.5, 0.6) is 0 Å². The van der Waals surface area contributed by atoms with Crippen LogP contribution in [0.15, 0.2) is 51.8 Å². The zero-order chi connectivity index (χ0) is 14.2. The molecule has 2 N–H and O–H groups in total. The van der Waals surface area contributed by atoms with Crippen molar-refractivity contribution in [1.29, 1.82) is 0 Å². The summed E-state index contributed by atoms with van der Waals surface area (Å²) in [6.07, 6.45) is 0.855. The molecule has 4 nitrogen and oxygen atoms in total. The Hall–Kier alpha value is -1.53. The predicted octanol–water partition coefficient (Wildman–Crippen LogP) is 3.22. The summed E-state index contributed by atoms with van der Waals surface area (Å²) >= 11 is 3.33. The third-order valence-corrected chi connectivity index (χ3v) is 5.27. The molecule has 0 bridgehead atoms. The third kappa shape index (κ3) is 2.53. The molecule has 0 aromatic heterocycles. The smallest absolute Gasteiger partial charge is 0.261 e. The van der Waals surface area contributed by atoms with Crippen molar-refractivity contribution in [2.24, 2.45) is 0 Å². The maximum atomic E-state index is 12.4. The molecule has 1 aliphatic rings. The lowest BCUT2D eigenvalue weighted by molar-refractivity contribution is 0.601. The summed E-state index contributed by atoms with van der Waals surface area (Å²) in [5.74, 6) is 0. The van der Waals surface area contributed by atoms with Crippen molar-refractivity contribution in [2.75, 3.05) is 16.6 Å². The SMILES string of the molecule is O=S(=O)(Nc1ccccc1Br)c1ccc2c(c1)CCN2. The van der Waals surface area contributed by atoms with Gasteiger partial charge in [0, 0.05) is 16.7 Å². The number of fused-ring (bicyclic) bond motifs is 1. The lowest BCUT2D eigenvalue weighted by Gasteiger charge is -2.10. The van der Waals surface area contributed by atoms with Crippen LogP contribution in [0, 0.1) is 0 Å². The number of hydrogen-bond donors (Lipinski definition) is 2. The van der Waals surface area contributed by atoms with Gasteiger partial charge in [0.15, 0.2) is 0 Å². The number of anilines is 2. The number of hydrogen-bond acceptors (Lipinski definition) is 3. The van der Waals surface area contributed by atoms with Gasteiger partial charge in [-0.1, -0.05) is 12.1 Å². The van der Waals surface area contributed by atoms with Gasteiger partial charge < -0.3 is 5.32 Å². The summed E-state index contributed by atoms with van der Waals surface area (Å²) < 4.78 is 28.1. The first-order valence-electron chi connectivity index (χ1n) is 6.20. The highest BCUT2D eigenvalue weighted by atomic mass is 79.9. The van der Waals surface area contributed by atoms with Crippen LogP contribution in [-0.4, -0.2) is 15.0 Å². The Morgan fingerprint density at radius 1 is 1.15 bits per heavy atom. The van der Waals surface area contributed by atoms with E-state index in [0.717, 1.165) is 24.2 Å². The van der Waals surface area contributed by atoms with Crippen molar-refractivity contribution in [1.82, 2.24) is 0 Å². The van der Waals surface area contributed by atoms with E-state index < -0.39 is 10.0 Å². The van der Waals surface area contributed by atoms with Crippen LogP contribution in [0.4, 0.5) is 11.4 Å². The van der Waals surface area contributed by atoms with Crippen LogP contribution >= 0.6 is 15.9 Å². The van der Waals surface area contributed by atoms with Crippen molar-refractivity contribution >= 4 is 37.3 Å². The minimum atomic E-state index is -3.57. The van der Waals surface area contributed by atoms with Crippen LogP contribution in [0.25, 0.3) is 0 Å². The zero-order valence-electron chi connectivity index (χ0n) is 10.6. The quantitative estimate of drug-likeness (QED) is 0.891. The van der Waals surface area contributed by atoms with E-state index in [1.807, 2.05) is 12.1 Å². The van der Waals surface area contributed by atoms with E-state index in [-0.39, 0.29) is 4.90 Å². The fourth-order valence-electron chi connectivity index (χ4n) is 2.20. The number of halogens is 1. The van der Waals surface area contributed by atoms with Gasteiger partial charge in [0.25, 0.3) is 10.0 Å². The van der Waals surface area contributed by atoms with Crippen molar-refractivity contribution in [3.05, 3.63) is 52.5 Å². The van der Waals surface area contributed by atoms with Crippen LogP contribution in [0.2, 0.25) is 0 Å². The fraction of sp³-hybridized carbons (Fsp3) is 0.143. The van der Waals surface area contributed by atoms with E-state index in [9.17, 15) is 8.42 Å². The van der Waals surface area contributed by atoms with Crippen molar-refractivity contribution < 1.29 is 8.42 Å². The molecule has 2 aromatic carbocycles. The molecule has 3 rings (SSSR count). The molecule has 0 amide bonds. The molecule has 104 valence electrons. The van der Waals surface area contributed by atoms with Gasteiger partial charge >= 0.3 is 0 Å². The lowest BCUT2D eigenvalue weighted by Crippen LogP contribution is -2.13. The molecule has 0 radical (unpaired) electrons. The summed E-state index contributed by atoms with van der Waals surface area (Å²) in [4.78, 5) is 0.288. The Bertz CT molecular complexity index is 760. The van der Waals surface area contributed by atoms with Crippen LogP contribution in [-0.2, 0) is 16.4 Å². The van der Waals surface area contributed by atoms with Crippen molar-refractivity contribution in [2.45, 2.75) is 11.3 Å². The van der Waals surface area contributed by atoms with E-state index >= 15 is 0 Å². The minimum Gasteiger partial charge on any atom is -0.384 e. The van der Waals surface area contributed by atoms with Gasteiger partial charge in [-0.15, -0.1) is 0 Å². The molecule has 6 heteroatoms. The second-order valence-electron chi connectivity index (χ2n) is 4.58. The van der Waals surface area contributed by atoms with Gasteiger partial charge in [0.05, 0.1) is 10.6 Å². The summed E-state index contributed by atoms with van der Waals surface area (Å²) in [5, 5.41) is 3.21. The Morgan fingerprint density at radius 3 is 2.75 bits per heavy atom. The summed E-state index contributed by atoms with van der Waals surface area (Å²) in [6.45, 7) is 0.858. The van der Waals surface area contributed by atoms with E-state index in [1.165, 1.54) is 0 Å². The van der Waals surface area contributed by atoms with Crippen molar-refractivity contribution in [3.8, 4) is 0 Å². The average Bonchev–Trinajstić information content (AvgIpc) is 2.88. The highest BCUT2D eigenvalue weighted by molar-refractivity contribution is 9.10. The molecule has 0 saturated heterocycles. The van der Waals surface area contributed by atoms with Gasteiger partial charge in [-0.3, -0.25) is 4.72 Å². The monoisotopic (exact) mass is 352 g/mol. The first-order chi connectivity index (χ1) is 9.56. The predicted molar refractivity (Wildman–Crippen MR) is 83.6 cm³/mol. The molecule has 20 heavy (non-hydrogen) atoms. The van der Waals surface area contributed by atoms with E-state index in [4.69, 9.17) is 0 Å². The minimum absolute atomic E-state index is 0.288. The summed E-state index contributed by atoms with van der Waals surface area (Å²) in [5.41, 5.74) is 2.59. The summed E-state index contributed by atoms with van der Waals surface area (Å²) in [6, 6.07) is 12.3. The number of para-hydroxylation sites is 1. The molecule has 2 aromatic rings. The molecule has 0 unspecified atom stereocenters. The van der Waals surface area contributed by atoms with Crippen LogP contribution in [0.3, 0.4) is 0 Å². The highest BCUT2D eigenvalue weighted by Crippen LogP contribution is 2.28. The first kappa shape index (κ1) is 13.5. The van der Waals surface area contributed by atoms with E-state index in [2.05, 4.69) is 26.0 Å². The molecule has 0 spiro atoms. The molecule has 0 saturated carbocycles. The number of sulfonamides is 1. The van der Waals surface area contributed by atoms with Gasteiger partial charge in [0.2, 0.25) is 0 Å². The molecule has 1 aliphatic heterocycles. The van der Waals surface area contributed by atoms with E-state index in [1.54, 1.807) is 30.3 Å². The number of rotatable bonds is 3. The molecule has 0 atom stereocenters. The maximum Gasteiger partial charge on any atom is 0.261 e. The molecular weight excluding hydrogens is 340 g/mol. The second kappa shape index (κ2) is 5.10. The number of benzene rings is 2. The largest absolute Gasteiger partial charge is 0.384 e. The Labute approximate surface area is 126 Å². The summed E-state index contributed by atoms with van der Waals surface area (Å²) in [7, 11) is -3.57. The third-order valence-electron chi connectivity index (χ3n) is 3.21. The fourth-order valence-corrected chi connectivity index (χ4v) is 3.84. The molecular formula is C14H13BrN2O2S. The van der Waals surface area contributed by atoms with Gasteiger partial charge in [0.1, 0.15) is 0 Å². The average molecular weight is 353 g/mol. The Kier molecular flexibility index (Phi) is 3.43. The van der Waals surface area contributed by atoms with E-state index in [0.29, 0.717) is 10.2 Å². The Balaban J connectivity index is 1.94. The topological polar surface area (TPSA) is 58.2 Å². The second-order valence-corrected chi connectivity index (χ2v) is 7.12. The van der Waals surface area contributed by atoms with Crippen molar-refractivity contribution in [3.63, 3.8) is 0 Å². The highest BCUT2D eigenvalue weighted by Gasteiger charge is 2.19. The molecule has 1 heterocycles. The normalized spacial score (nSPS) is 13.7. The standard InChI is InChI=1S/C14H13BrN2O2S/c15-12-3-1-2-4-14(12)17-20(18,19)11-5-6-13-10(9-11)7-8-16-13/h1-6,9,16-17H,7-8H2. The Morgan fingerprint density at radius 2 is 1.95 bits per heavy atom. The van der Waals surface area contributed by atoms with Gasteiger partial charge in [-0.25, -0.2) is 8.42 Å². The van der Waals surface area contributed by atoms with Gasteiger partial charge in [-0.2, -0.15) is 0 Å². The van der Waals surface area contributed by atoms with Gasteiger partial charge in [-0.05, 0) is 58.2 Å². The zero-order valence-corrected chi connectivity index (χ0v) is 13.0. The molecule has 0 fully saturated rings. The van der Waals surface area contributed by atoms with Crippen LogP contribution in [0.1, 0.15) is 5.56 Å². The number of nitrogens with one attached hydrogen (secondary N) is 2. The van der Waals surface area contributed by atoms with Crippen LogP contribution < -0.4 is 10.0 Å².